The van der Waals surface area contributed by atoms with Gasteiger partial charge in [0.2, 0.25) is 11.8 Å². The second-order valence-corrected chi connectivity index (χ2v) is 8.90. The lowest BCUT2D eigenvalue weighted by Crippen LogP contribution is -2.29. The fourth-order valence-electron chi connectivity index (χ4n) is 4.13. The van der Waals surface area contributed by atoms with E-state index in [-0.39, 0.29) is 30.7 Å². The lowest BCUT2D eigenvalue weighted by Gasteiger charge is -2.20. The molecule has 1 heterocycles. The normalized spacial score (nSPS) is 15.3. The van der Waals surface area contributed by atoms with Gasteiger partial charge in [0, 0.05) is 30.2 Å². The van der Waals surface area contributed by atoms with Crippen LogP contribution in [-0.4, -0.2) is 24.3 Å². The van der Waals surface area contributed by atoms with Crippen LogP contribution in [0.15, 0.2) is 66.7 Å². The SMILES string of the molecule is Cc1cccc(CNC(=O)c2ccccc2NC(=O)[C@@H]2CC(=O)N(c3cccc(Cl)c3C)C2)c1. The molecule has 0 aliphatic carbocycles. The Morgan fingerprint density at radius 3 is 2.59 bits per heavy atom. The largest absolute Gasteiger partial charge is 0.348 e. The molecule has 0 bridgehead atoms. The minimum absolute atomic E-state index is 0.0967. The molecule has 6 nitrogen and oxygen atoms in total. The van der Waals surface area contributed by atoms with Crippen molar-refractivity contribution in [3.05, 3.63) is 94.0 Å². The van der Waals surface area contributed by atoms with Crippen LogP contribution in [0.25, 0.3) is 0 Å². The van der Waals surface area contributed by atoms with E-state index in [0.29, 0.717) is 28.5 Å². The molecule has 3 amide bonds. The summed E-state index contributed by atoms with van der Waals surface area (Å²) in [6.45, 7) is 4.49. The van der Waals surface area contributed by atoms with Gasteiger partial charge < -0.3 is 15.5 Å². The number of aryl methyl sites for hydroxylation is 1. The molecule has 1 saturated heterocycles. The number of halogens is 1. The van der Waals surface area contributed by atoms with Crippen molar-refractivity contribution in [1.29, 1.82) is 0 Å². The first-order valence-electron chi connectivity index (χ1n) is 11.1. The summed E-state index contributed by atoms with van der Waals surface area (Å²) in [5.74, 6) is -1.24. The van der Waals surface area contributed by atoms with Gasteiger partial charge in [-0.2, -0.15) is 0 Å². The van der Waals surface area contributed by atoms with Crippen LogP contribution in [0.3, 0.4) is 0 Å². The number of hydrogen-bond acceptors (Lipinski definition) is 3. The number of anilines is 2. The molecule has 34 heavy (non-hydrogen) atoms. The maximum Gasteiger partial charge on any atom is 0.253 e. The molecule has 1 aliphatic heterocycles. The van der Waals surface area contributed by atoms with E-state index >= 15 is 0 Å². The Morgan fingerprint density at radius 1 is 1.03 bits per heavy atom. The number of para-hydroxylation sites is 1. The Labute approximate surface area is 203 Å². The molecule has 0 saturated carbocycles. The van der Waals surface area contributed by atoms with Crippen molar-refractivity contribution in [1.82, 2.24) is 5.32 Å². The standard InChI is InChI=1S/C27H26ClN3O3/c1-17-7-5-8-19(13-17)15-29-27(34)21-9-3-4-11-23(21)30-26(33)20-14-25(32)31(16-20)24-12-6-10-22(28)18(24)2/h3-13,20H,14-16H2,1-2H3,(H,29,34)(H,30,33)/t20-/m1/s1. The molecule has 4 rings (SSSR count). The average Bonchev–Trinajstić information content (AvgIpc) is 3.21. The molecule has 0 spiro atoms. The van der Waals surface area contributed by atoms with E-state index in [9.17, 15) is 14.4 Å². The van der Waals surface area contributed by atoms with Gasteiger partial charge in [-0.15, -0.1) is 0 Å². The molecular weight excluding hydrogens is 450 g/mol. The van der Waals surface area contributed by atoms with E-state index in [0.717, 1.165) is 16.7 Å². The lowest BCUT2D eigenvalue weighted by molar-refractivity contribution is -0.122. The third-order valence-electron chi connectivity index (χ3n) is 5.99. The highest BCUT2D eigenvalue weighted by Gasteiger charge is 2.36. The zero-order chi connectivity index (χ0) is 24.2. The summed E-state index contributed by atoms with van der Waals surface area (Å²) >= 11 is 6.21. The topological polar surface area (TPSA) is 78.5 Å². The van der Waals surface area contributed by atoms with E-state index < -0.39 is 5.92 Å². The fourth-order valence-corrected chi connectivity index (χ4v) is 4.30. The molecule has 0 aromatic heterocycles. The zero-order valence-electron chi connectivity index (χ0n) is 19.1. The molecule has 7 heteroatoms. The van der Waals surface area contributed by atoms with Crippen LogP contribution >= 0.6 is 11.6 Å². The number of carbonyl (C=O) groups excluding carboxylic acids is 3. The van der Waals surface area contributed by atoms with Crippen molar-refractivity contribution in [2.24, 2.45) is 5.92 Å². The van der Waals surface area contributed by atoms with Crippen molar-refractivity contribution in [3.8, 4) is 0 Å². The van der Waals surface area contributed by atoms with Crippen molar-refractivity contribution in [2.45, 2.75) is 26.8 Å². The monoisotopic (exact) mass is 475 g/mol. The Balaban J connectivity index is 1.44. The second kappa shape index (κ2) is 10.1. The van der Waals surface area contributed by atoms with E-state index in [1.807, 2.05) is 44.2 Å². The summed E-state index contributed by atoms with van der Waals surface area (Å²) in [5.41, 5.74) is 4.41. The van der Waals surface area contributed by atoms with Gasteiger partial charge in [-0.25, -0.2) is 0 Å². The maximum absolute atomic E-state index is 13.0. The van der Waals surface area contributed by atoms with Gasteiger partial charge in [0.15, 0.2) is 0 Å². The van der Waals surface area contributed by atoms with Crippen molar-refractivity contribution < 1.29 is 14.4 Å². The number of rotatable bonds is 6. The number of nitrogens with zero attached hydrogens (tertiary/aromatic N) is 1. The first-order chi connectivity index (χ1) is 16.3. The lowest BCUT2D eigenvalue weighted by atomic mass is 10.1. The summed E-state index contributed by atoms with van der Waals surface area (Å²) in [5, 5.41) is 6.34. The molecule has 0 radical (unpaired) electrons. The van der Waals surface area contributed by atoms with Gasteiger partial charge >= 0.3 is 0 Å². The van der Waals surface area contributed by atoms with Gasteiger partial charge in [0.05, 0.1) is 17.2 Å². The molecular formula is C27H26ClN3O3. The van der Waals surface area contributed by atoms with Crippen molar-refractivity contribution in [3.63, 3.8) is 0 Å². The minimum atomic E-state index is -0.533. The Morgan fingerprint density at radius 2 is 1.79 bits per heavy atom. The molecule has 1 fully saturated rings. The molecule has 3 aromatic carbocycles. The zero-order valence-corrected chi connectivity index (χ0v) is 19.9. The first-order valence-corrected chi connectivity index (χ1v) is 11.5. The molecule has 1 aliphatic rings. The second-order valence-electron chi connectivity index (χ2n) is 8.50. The summed E-state index contributed by atoms with van der Waals surface area (Å²) in [7, 11) is 0. The van der Waals surface area contributed by atoms with Crippen LogP contribution in [0.5, 0.6) is 0 Å². The number of carbonyl (C=O) groups is 3. The van der Waals surface area contributed by atoms with E-state index in [1.54, 1.807) is 41.3 Å². The van der Waals surface area contributed by atoms with Crippen LogP contribution in [0, 0.1) is 19.8 Å². The predicted octanol–water partition coefficient (Wildman–Crippen LogP) is 4.88. The predicted molar refractivity (Wildman–Crippen MR) is 134 cm³/mol. The van der Waals surface area contributed by atoms with Crippen LogP contribution < -0.4 is 15.5 Å². The number of amides is 3. The highest BCUT2D eigenvalue weighted by molar-refractivity contribution is 6.31. The van der Waals surface area contributed by atoms with Crippen LogP contribution in [-0.2, 0) is 16.1 Å². The Bertz CT molecular complexity index is 1260. The Hall–Kier alpha value is -3.64. The summed E-state index contributed by atoms with van der Waals surface area (Å²) in [4.78, 5) is 40.1. The quantitative estimate of drug-likeness (QED) is 0.533. The van der Waals surface area contributed by atoms with Crippen molar-refractivity contribution >= 4 is 40.7 Å². The molecule has 174 valence electrons. The third-order valence-corrected chi connectivity index (χ3v) is 6.40. The van der Waals surface area contributed by atoms with Gasteiger partial charge in [0.1, 0.15) is 0 Å². The van der Waals surface area contributed by atoms with Crippen molar-refractivity contribution in [2.75, 3.05) is 16.8 Å². The fraction of sp³-hybridized carbons (Fsp3) is 0.222. The van der Waals surface area contributed by atoms with E-state index in [1.165, 1.54) is 0 Å². The third kappa shape index (κ3) is 5.13. The van der Waals surface area contributed by atoms with E-state index in [4.69, 9.17) is 11.6 Å². The molecule has 0 unspecified atom stereocenters. The highest BCUT2D eigenvalue weighted by Crippen LogP contribution is 2.32. The van der Waals surface area contributed by atoms with E-state index in [2.05, 4.69) is 10.6 Å². The van der Waals surface area contributed by atoms with Gasteiger partial charge in [-0.05, 0) is 49.2 Å². The van der Waals surface area contributed by atoms with Gasteiger partial charge in [0.25, 0.3) is 5.91 Å². The van der Waals surface area contributed by atoms with Crippen LogP contribution in [0.4, 0.5) is 11.4 Å². The minimum Gasteiger partial charge on any atom is -0.348 e. The summed E-state index contributed by atoms with van der Waals surface area (Å²) < 4.78 is 0. The smallest absolute Gasteiger partial charge is 0.253 e. The molecule has 2 N–H and O–H groups in total. The molecule has 1 atom stereocenters. The number of nitrogens with one attached hydrogen (secondary N) is 2. The van der Waals surface area contributed by atoms with Gasteiger partial charge in [-0.3, -0.25) is 14.4 Å². The van der Waals surface area contributed by atoms with Crippen LogP contribution in [0.2, 0.25) is 5.02 Å². The van der Waals surface area contributed by atoms with Crippen LogP contribution in [0.1, 0.15) is 33.5 Å². The summed E-state index contributed by atoms with van der Waals surface area (Å²) in [6.07, 6.45) is 0.0967. The Kier molecular flexibility index (Phi) is 6.98. The number of benzene rings is 3. The average molecular weight is 476 g/mol. The molecule has 3 aromatic rings. The first kappa shape index (κ1) is 23.5. The maximum atomic E-state index is 13.0. The van der Waals surface area contributed by atoms with Gasteiger partial charge in [-0.1, -0.05) is 59.6 Å². The summed E-state index contributed by atoms with van der Waals surface area (Å²) in [6, 6.07) is 20.2. The number of hydrogen-bond donors (Lipinski definition) is 2. The highest BCUT2D eigenvalue weighted by atomic mass is 35.5.